The summed E-state index contributed by atoms with van der Waals surface area (Å²) in [6.07, 6.45) is 1.52. The lowest BCUT2D eigenvalue weighted by Crippen LogP contribution is -2.31. The molecule has 0 radical (unpaired) electrons. The highest BCUT2D eigenvalue weighted by atomic mass is 16.5. The summed E-state index contributed by atoms with van der Waals surface area (Å²) in [5, 5.41) is 2.99. The Morgan fingerprint density at radius 3 is 2.54 bits per heavy atom. The molecule has 1 N–H and O–H groups in total. The first-order valence-electron chi connectivity index (χ1n) is 9.98. The third-order valence-corrected chi connectivity index (χ3v) is 5.06. The molecule has 0 spiro atoms. The minimum absolute atomic E-state index is 0.0192. The molecule has 1 fully saturated rings. The third-order valence-electron chi connectivity index (χ3n) is 5.06. The Bertz CT molecular complexity index is 774. The van der Waals surface area contributed by atoms with Gasteiger partial charge in [-0.15, -0.1) is 0 Å². The molecule has 1 heterocycles. The second-order valence-corrected chi connectivity index (χ2v) is 7.12. The van der Waals surface area contributed by atoms with E-state index >= 15 is 0 Å². The van der Waals surface area contributed by atoms with E-state index in [1.165, 1.54) is 5.69 Å². The second-order valence-electron chi connectivity index (χ2n) is 7.12. The van der Waals surface area contributed by atoms with Gasteiger partial charge in [0.15, 0.2) is 5.78 Å². The lowest BCUT2D eigenvalue weighted by molar-refractivity contribution is -0.121. The zero-order valence-corrected chi connectivity index (χ0v) is 16.4. The largest absolute Gasteiger partial charge is 0.494 e. The van der Waals surface area contributed by atoms with Crippen LogP contribution >= 0.6 is 0 Å². The maximum atomic E-state index is 12.3. The summed E-state index contributed by atoms with van der Waals surface area (Å²) in [6, 6.07) is 17.4. The summed E-state index contributed by atoms with van der Waals surface area (Å²) in [4.78, 5) is 26.7. The number of hydrogen-bond donors (Lipinski definition) is 1. The first kappa shape index (κ1) is 19.9. The van der Waals surface area contributed by atoms with Crippen molar-refractivity contribution in [3.05, 3.63) is 60.2 Å². The molecule has 5 nitrogen and oxygen atoms in total. The van der Waals surface area contributed by atoms with Crippen LogP contribution in [0.4, 0.5) is 5.69 Å². The average molecular weight is 380 g/mol. The van der Waals surface area contributed by atoms with Gasteiger partial charge in [-0.05, 0) is 55.7 Å². The molecule has 148 valence electrons. The van der Waals surface area contributed by atoms with Gasteiger partial charge in [0.05, 0.1) is 6.61 Å². The lowest BCUT2D eigenvalue weighted by Gasteiger charge is -2.18. The fraction of sp³-hybridized carbons (Fsp3) is 0.391. The lowest BCUT2D eigenvalue weighted by atomic mass is 10.1. The highest BCUT2D eigenvalue weighted by molar-refractivity contribution is 5.98. The minimum Gasteiger partial charge on any atom is -0.494 e. The molecular weight excluding hydrogens is 352 g/mol. The number of para-hydroxylation sites is 1. The number of amides is 1. The predicted octanol–water partition coefficient (Wildman–Crippen LogP) is 3.69. The zero-order chi connectivity index (χ0) is 19.8. The summed E-state index contributed by atoms with van der Waals surface area (Å²) in [6.45, 7) is 5.15. The van der Waals surface area contributed by atoms with Crippen molar-refractivity contribution >= 4 is 17.4 Å². The van der Waals surface area contributed by atoms with E-state index in [1.54, 1.807) is 24.3 Å². The molecule has 28 heavy (non-hydrogen) atoms. The van der Waals surface area contributed by atoms with E-state index in [1.807, 2.05) is 25.1 Å². The van der Waals surface area contributed by atoms with Gasteiger partial charge in [-0.3, -0.25) is 9.59 Å². The van der Waals surface area contributed by atoms with Crippen molar-refractivity contribution in [2.45, 2.75) is 26.2 Å². The summed E-state index contributed by atoms with van der Waals surface area (Å²) in [5.41, 5.74) is 1.85. The van der Waals surface area contributed by atoms with Gasteiger partial charge >= 0.3 is 0 Å². The van der Waals surface area contributed by atoms with Crippen molar-refractivity contribution in [3.63, 3.8) is 0 Å². The van der Waals surface area contributed by atoms with Gasteiger partial charge in [-0.2, -0.15) is 0 Å². The molecule has 1 atom stereocenters. The molecule has 0 aliphatic carbocycles. The first-order chi connectivity index (χ1) is 13.7. The molecule has 1 aliphatic heterocycles. The molecule has 2 aromatic rings. The van der Waals surface area contributed by atoms with Gasteiger partial charge in [0.2, 0.25) is 5.91 Å². The van der Waals surface area contributed by atoms with Crippen LogP contribution in [-0.2, 0) is 4.79 Å². The fourth-order valence-electron chi connectivity index (χ4n) is 3.49. The van der Waals surface area contributed by atoms with Gasteiger partial charge in [0.25, 0.3) is 0 Å². The molecule has 0 bridgehead atoms. The van der Waals surface area contributed by atoms with Gasteiger partial charge < -0.3 is 15.0 Å². The Kier molecular flexibility index (Phi) is 7.06. The Hall–Kier alpha value is -2.82. The van der Waals surface area contributed by atoms with E-state index in [2.05, 4.69) is 22.3 Å². The van der Waals surface area contributed by atoms with E-state index in [0.29, 0.717) is 24.6 Å². The van der Waals surface area contributed by atoms with Gasteiger partial charge in [0.1, 0.15) is 5.75 Å². The Balaban J connectivity index is 1.37. The molecule has 0 aromatic heterocycles. The minimum atomic E-state index is -0.0579. The van der Waals surface area contributed by atoms with Crippen molar-refractivity contribution < 1.29 is 14.3 Å². The number of rotatable bonds is 9. The number of ether oxygens (including phenoxy) is 1. The normalized spacial score (nSPS) is 16.0. The summed E-state index contributed by atoms with van der Waals surface area (Å²) in [5.74, 6) is 1.12. The first-order valence-corrected chi connectivity index (χ1v) is 9.98. The Morgan fingerprint density at radius 2 is 1.82 bits per heavy atom. The monoisotopic (exact) mass is 380 g/mol. The second kappa shape index (κ2) is 9.93. The molecule has 1 aliphatic rings. The third kappa shape index (κ3) is 5.59. The van der Waals surface area contributed by atoms with Gasteiger partial charge in [-0.25, -0.2) is 0 Å². The molecule has 1 unspecified atom stereocenters. The number of nitrogens with one attached hydrogen (secondary N) is 1. The average Bonchev–Trinajstić information content (AvgIpc) is 3.21. The summed E-state index contributed by atoms with van der Waals surface area (Å²) >= 11 is 0. The van der Waals surface area contributed by atoms with Crippen LogP contribution in [0.5, 0.6) is 5.75 Å². The van der Waals surface area contributed by atoms with Crippen LogP contribution < -0.4 is 15.0 Å². The smallest absolute Gasteiger partial charge is 0.220 e. The van der Waals surface area contributed by atoms with E-state index in [-0.39, 0.29) is 24.5 Å². The molecular formula is C23H28N2O3. The Labute approximate surface area is 166 Å². The van der Waals surface area contributed by atoms with Crippen LogP contribution in [0.3, 0.4) is 0 Å². The number of carbonyl (C=O) groups excluding carboxylic acids is 2. The number of hydrogen-bond acceptors (Lipinski definition) is 4. The predicted molar refractivity (Wildman–Crippen MR) is 111 cm³/mol. The van der Waals surface area contributed by atoms with E-state index in [4.69, 9.17) is 4.74 Å². The van der Waals surface area contributed by atoms with Crippen molar-refractivity contribution in [2.24, 2.45) is 5.92 Å². The summed E-state index contributed by atoms with van der Waals surface area (Å²) in [7, 11) is 0. The molecule has 1 amide bonds. The van der Waals surface area contributed by atoms with Crippen LogP contribution in [0.25, 0.3) is 0 Å². The van der Waals surface area contributed by atoms with E-state index < -0.39 is 0 Å². The van der Waals surface area contributed by atoms with Crippen molar-refractivity contribution in [1.82, 2.24) is 5.32 Å². The van der Waals surface area contributed by atoms with Crippen molar-refractivity contribution in [1.29, 1.82) is 0 Å². The van der Waals surface area contributed by atoms with Gasteiger partial charge in [-0.1, -0.05) is 18.2 Å². The van der Waals surface area contributed by atoms with Crippen LogP contribution in [0.1, 0.15) is 36.5 Å². The maximum absolute atomic E-state index is 12.3. The fourth-order valence-corrected chi connectivity index (χ4v) is 3.49. The number of Topliss-reactive ketones (excluding diaryl/α,β-unsaturated/α-hetero) is 1. The SMILES string of the molecule is CCOc1ccc(C(=O)CCC(=O)NCC2CCN(c3ccccc3)C2)cc1. The molecule has 5 heteroatoms. The maximum Gasteiger partial charge on any atom is 0.220 e. The standard InChI is InChI=1S/C23H28N2O3/c1-2-28-21-10-8-19(9-11-21)22(26)12-13-23(27)24-16-18-14-15-25(17-18)20-6-4-3-5-7-20/h3-11,18H,2,12-17H2,1H3,(H,24,27). The quantitative estimate of drug-likeness (QED) is 0.674. The Morgan fingerprint density at radius 1 is 1.07 bits per heavy atom. The zero-order valence-electron chi connectivity index (χ0n) is 16.4. The molecule has 3 rings (SSSR count). The van der Waals surface area contributed by atoms with Crippen molar-refractivity contribution in [3.8, 4) is 5.75 Å². The number of benzene rings is 2. The molecule has 2 aromatic carbocycles. The van der Waals surface area contributed by atoms with E-state index in [9.17, 15) is 9.59 Å². The highest BCUT2D eigenvalue weighted by Crippen LogP contribution is 2.23. The number of carbonyl (C=O) groups is 2. The summed E-state index contributed by atoms with van der Waals surface area (Å²) < 4.78 is 5.38. The van der Waals surface area contributed by atoms with Crippen LogP contribution in [-0.4, -0.2) is 37.9 Å². The van der Waals surface area contributed by atoms with Crippen molar-refractivity contribution in [2.75, 3.05) is 31.1 Å². The number of anilines is 1. The van der Waals surface area contributed by atoms with Crippen LogP contribution in [0.2, 0.25) is 0 Å². The highest BCUT2D eigenvalue weighted by Gasteiger charge is 2.23. The van der Waals surface area contributed by atoms with Crippen LogP contribution in [0.15, 0.2) is 54.6 Å². The topological polar surface area (TPSA) is 58.6 Å². The van der Waals surface area contributed by atoms with Crippen LogP contribution in [0, 0.1) is 5.92 Å². The molecule has 0 saturated carbocycles. The number of nitrogens with zero attached hydrogens (tertiary/aromatic N) is 1. The van der Waals surface area contributed by atoms with E-state index in [0.717, 1.165) is 25.3 Å². The van der Waals surface area contributed by atoms with Gasteiger partial charge in [0, 0.05) is 43.7 Å². The number of ketones is 1. The molecule has 1 saturated heterocycles.